The number of H-pyrrole nitrogens is 1. The summed E-state index contributed by atoms with van der Waals surface area (Å²) in [6, 6.07) is 0. The van der Waals surface area contributed by atoms with Gasteiger partial charge in [0.05, 0.1) is 19.3 Å². The summed E-state index contributed by atoms with van der Waals surface area (Å²) in [6.45, 7) is 1.43. The van der Waals surface area contributed by atoms with E-state index in [1.807, 2.05) is 0 Å². The van der Waals surface area contributed by atoms with E-state index in [1.165, 1.54) is 10.8 Å². The number of unbranched alkanes of at least 4 members (excludes halogenated alkanes) is 1. The molecule has 0 spiro atoms. The number of nitrogens with one attached hydrogen (secondary N) is 1. The van der Waals surface area contributed by atoms with Gasteiger partial charge in [-0.2, -0.15) is 0 Å². The van der Waals surface area contributed by atoms with Gasteiger partial charge in [0.15, 0.2) is 0 Å². The van der Waals surface area contributed by atoms with Crippen molar-refractivity contribution in [3.63, 3.8) is 0 Å². The Bertz CT molecular complexity index is 736. The summed E-state index contributed by atoms with van der Waals surface area (Å²) in [5.74, 6) is 0. The molecule has 1 aliphatic heterocycles. The van der Waals surface area contributed by atoms with Crippen molar-refractivity contribution in [2.45, 2.75) is 44.9 Å². The van der Waals surface area contributed by atoms with Crippen LogP contribution >= 0.6 is 7.82 Å². The Hall–Kier alpha value is -0.290. The molecule has 1 unspecified atom stereocenters. The number of hydrogen-bond acceptors (Lipinski definition) is 7. The van der Waals surface area contributed by atoms with Gasteiger partial charge in [0.1, 0.15) is 6.23 Å². The monoisotopic (exact) mass is 401 g/mol. The number of aromatic amines is 1. The summed E-state index contributed by atoms with van der Waals surface area (Å²) in [4.78, 5) is 35.0. The van der Waals surface area contributed by atoms with E-state index >= 15 is 0 Å². The van der Waals surface area contributed by atoms with Gasteiger partial charge >= 0.3 is 13.5 Å². The minimum Gasteiger partial charge on any atom is -0.396 e. The minimum atomic E-state index is -4.18. The van der Waals surface area contributed by atoms with Gasteiger partial charge in [-0.15, -0.1) is 0 Å². The van der Waals surface area contributed by atoms with Gasteiger partial charge < -0.3 is 14.7 Å². The largest absolute Gasteiger partial charge is 0.472 e. The Labute approximate surface area is 172 Å². The van der Waals surface area contributed by atoms with E-state index in [0.29, 0.717) is 31.2 Å². The summed E-state index contributed by atoms with van der Waals surface area (Å²) >= 11 is 0. The topological polar surface area (TPSA) is 140 Å². The molecule has 0 aromatic carbocycles. The third-order valence-electron chi connectivity index (χ3n) is 3.77. The first-order chi connectivity index (χ1) is 11.8. The fraction of sp³-hybridized carbons (Fsp3) is 0.714. The van der Waals surface area contributed by atoms with Crippen molar-refractivity contribution >= 4 is 37.4 Å². The second-order valence-electron chi connectivity index (χ2n) is 5.80. The van der Waals surface area contributed by atoms with Crippen LogP contribution in [0.25, 0.3) is 0 Å². The Balaban J connectivity index is 0.00000338. The average molecular weight is 401 g/mol. The van der Waals surface area contributed by atoms with Crippen LogP contribution < -0.4 is 11.2 Å². The first kappa shape index (κ1) is 23.7. The number of aliphatic hydroxyl groups excluding tert-OH is 1. The zero-order valence-electron chi connectivity index (χ0n) is 14.9. The number of phosphoric ester groups is 1. The number of hydrogen-bond donors (Lipinski definition) is 3. The molecule has 0 saturated carbocycles. The Morgan fingerprint density at radius 2 is 2.08 bits per heavy atom. The van der Waals surface area contributed by atoms with Gasteiger partial charge in [0, 0.05) is 47.9 Å². The standard InChI is InChI=1S/C14H23N2O8P.Na/c1-10-8-16(14(19)15-13(10)18)12-5-4-11(24-12)9-23-25(20,21)22-7-3-2-6-17;/h8,11-12,17H,2-7,9H2,1H3,(H,20,21)(H,15,18,19);/t11-,12-;/m1./s1. The second kappa shape index (κ2) is 10.9. The molecular formula is C14H23N2NaO8P. The molecule has 1 aliphatic rings. The molecule has 1 fully saturated rings. The molecule has 2 rings (SSSR count). The number of aromatic nitrogens is 2. The van der Waals surface area contributed by atoms with Crippen molar-refractivity contribution in [2.24, 2.45) is 0 Å². The molecule has 3 atom stereocenters. The van der Waals surface area contributed by atoms with Crippen LogP contribution in [0.15, 0.2) is 15.8 Å². The molecule has 0 aliphatic carbocycles. The Morgan fingerprint density at radius 3 is 2.77 bits per heavy atom. The molecule has 12 heteroatoms. The first-order valence-electron chi connectivity index (χ1n) is 8.02. The predicted molar refractivity (Wildman–Crippen MR) is 93.0 cm³/mol. The molecule has 26 heavy (non-hydrogen) atoms. The Morgan fingerprint density at radius 1 is 1.35 bits per heavy atom. The van der Waals surface area contributed by atoms with Crippen LogP contribution in [0.2, 0.25) is 0 Å². The normalized spacial score (nSPS) is 22.0. The number of rotatable bonds is 9. The van der Waals surface area contributed by atoms with E-state index in [0.717, 1.165) is 0 Å². The maximum Gasteiger partial charge on any atom is 0.472 e. The van der Waals surface area contributed by atoms with E-state index in [-0.39, 0.29) is 49.4 Å². The van der Waals surface area contributed by atoms with Crippen LogP contribution in [0.3, 0.4) is 0 Å². The summed E-state index contributed by atoms with van der Waals surface area (Å²) in [5.41, 5.74) is -0.625. The average Bonchev–Trinajstić information content (AvgIpc) is 3.02. The smallest absolute Gasteiger partial charge is 0.396 e. The van der Waals surface area contributed by atoms with Crippen molar-refractivity contribution in [1.29, 1.82) is 0 Å². The van der Waals surface area contributed by atoms with Gasteiger partial charge in [0.25, 0.3) is 5.56 Å². The van der Waals surface area contributed by atoms with Crippen molar-refractivity contribution in [3.8, 4) is 0 Å². The van der Waals surface area contributed by atoms with Crippen LogP contribution in [-0.4, -0.2) is 75.0 Å². The van der Waals surface area contributed by atoms with Gasteiger partial charge in [-0.1, -0.05) is 0 Å². The molecule has 10 nitrogen and oxygen atoms in total. The molecule has 3 N–H and O–H groups in total. The third-order valence-corrected chi connectivity index (χ3v) is 4.76. The van der Waals surface area contributed by atoms with Gasteiger partial charge in [-0.25, -0.2) is 9.36 Å². The maximum atomic E-state index is 11.8. The van der Waals surface area contributed by atoms with Crippen LogP contribution in [0.1, 0.15) is 37.5 Å². The summed E-state index contributed by atoms with van der Waals surface area (Å²) in [5, 5.41) is 8.63. The van der Waals surface area contributed by atoms with Crippen LogP contribution in [-0.2, 0) is 18.3 Å². The molecule has 1 saturated heterocycles. The van der Waals surface area contributed by atoms with E-state index < -0.39 is 31.4 Å². The molecule has 2 heterocycles. The van der Waals surface area contributed by atoms with Crippen molar-refractivity contribution in [1.82, 2.24) is 9.55 Å². The molecular weight excluding hydrogens is 378 g/mol. The quantitative estimate of drug-likeness (QED) is 0.300. The third kappa shape index (κ3) is 7.03. The molecule has 1 radical (unpaired) electrons. The SMILES string of the molecule is Cc1cn([C@H]2CC[C@H](COP(=O)(O)OCCCCO)O2)c(=O)[nH]c1=O.[Na]. The minimum absolute atomic E-state index is 0. The van der Waals surface area contributed by atoms with Crippen molar-refractivity contribution in [2.75, 3.05) is 19.8 Å². The molecule has 143 valence electrons. The predicted octanol–water partition coefficient (Wildman–Crippen LogP) is 0.0479. The number of ether oxygens (including phenoxy) is 1. The van der Waals surface area contributed by atoms with E-state index in [2.05, 4.69) is 4.98 Å². The summed E-state index contributed by atoms with van der Waals surface area (Å²) in [6.07, 6.45) is 2.34. The molecule has 1 aromatic rings. The molecule has 0 bridgehead atoms. The first-order valence-corrected chi connectivity index (χ1v) is 9.52. The van der Waals surface area contributed by atoms with Crippen molar-refractivity contribution in [3.05, 3.63) is 32.6 Å². The van der Waals surface area contributed by atoms with Crippen LogP contribution in [0.5, 0.6) is 0 Å². The number of phosphoric acid groups is 1. The van der Waals surface area contributed by atoms with Crippen LogP contribution in [0, 0.1) is 6.92 Å². The van der Waals surface area contributed by atoms with Gasteiger partial charge in [-0.05, 0) is 32.6 Å². The van der Waals surface area contributed by atoms with Crippen molar-refractivity contribution < 1.29 is 28.3 Å². The van der Waals surface area contributed by atoms with Gasteiger partial charge in [0.2, 0.25) is 0 Å². The van der Waals surface area contributed by atoms with Crippen LogP contribution in [0.4, 0.5) is 0 Å². The maximum absolute atomic E-state index is 11.8. The van der Waals surface area contributed by atoms with E-state index in [1.54, 1.807) is 6.92 Å². The fourth-order valence-electron chi connectivity index (χ4n) is 2.42. The zero-order valence-corrected chi connectivity index (χ0v) is 17.8. The van der Waals surface area contributed by atoms with E-state index in [4.69, 9.17) is 18.9 Å². The Kier molecular flexibility index (Phi) is 9.95. The number of nitrogens with zero attached hydrogens (tertiary/aromatic N) is 1. The molecule has 0 amide bonds. The second-order valence-corrected chi connectivity index (χ2v) is 7.25. The molecule has 1 aromatic heterocycles. The fourth-order valence-corrected chi connectivity index (χ4v) is 3.21. The zero-order chi connectivity index (χ0) is 18.4. The summed E-state index contributed by atoms with van der Waals surface area (Å²) in [7, 11) is -4.18. The van der Waals surface area contributed by atoms with Gasteiger partial charge in [-0.3, -0.25) is 23.4 Å². The summed E-state index contributed by atoms with van der Waals surface area (Å²) < 4.78 is 28.4. The number of aliphatic hydroxyl groups is 1. The number of aryl methyl sites for hydroxylation is 1. The van der Waals surface area contributed by atoms with E-state index in [9.17, 15) is 19.0 Å².